The molecular weight excluding hydrogens is 332 g/mol. The van der Waals surface area contributed by atoms with Crippen LogP contribution in [0.25, 0.3) is 0 Å². The van der Waals surface area contributed by atoms with E-state index in [1.165, 1.54) is 13.0 Å². The van der Waals surface area contributed by atoms with Crippen molar-refractivity contribution in [2.75, 3.05) is 12.3 Å². The highest BCUT2D eigenvalue weighted by molar-refractivity contribution is 5.97. The number of ketones is 1. The van der Waals surface area contributed by atoms with E-state index in [-0.39, 0.29) is 11.3 Å². The third-order valence-corrected chi connectivity index (χ3v) is 3.99. The number of carbonyl (C=O) groups is 3. The number of ether oxygens (including phenoxy) is 1. The lowest BCUT2D eigenvalue weighted by Gasteiger charge is -2.16. The largest absolute Gasteiger partial charge is 0.452 e. The number of nitrogens with two attached hydrogens (primary N) is 1. The smallest absolute Gasteiger partial charge is 0.340 e. The quantitative estimate of drug-likeness (QED) is 0.586. The number of hydrogen-bond donors (Lipinski definition) is 2. The Labute approximate surface area is 152 Å². The summed E-state index contributed by atoms with van der Waals surface area (Å²) in [6.45, 7) is 2.71. The van der Waals surface area contributed by atoms with Crippen molar-refractivity contribution in [2.24, 2.45) is 0 Å². The molecule has 0 aliphatic carbocycles. The minimum absolute atomic E-state index is 0.170. The van der Waals surface area contributed by atoms with Gasteiger partial charge in [0.1, 0.15) is 0 Å². The van der Waals surface area contributed by atoms with Crippen molar-refractivity contribution in [2.45, 2.75) is 26.3 Å². The molecule has 2 aromatic carbocycles. The number of carbonyl (C=O) groups excluding carboxylic acids is 3. The lowest BCUT2D eigenvalue weighted by Crippen LogP contribution is -2.43. The zero-order valence-electron chi connectivity index (χ0n) is 14.8. The maximum absolute atomic E-state index is 12.1. The van der Waals surface area contributed by atoms with Gasteiger partial charge in [0, 0.05) is 5.69 Å². The molecule has 1 atom stereocenters. The summed E-state index contributed by atoms with van der Waals surface area (Å²) < 4.78 is 5.01. The van der Waals surface area contributed by atoms with Crippen LogP contribution in [-0.2, 0) is 20.7 Å². The molecule has 2 aromatic rings. The van der Waals surface area contributed by atoms with Crippen LogP contribution in [0.5, 0.6) is 0 Å². The number of nitrogen functional groups attached to an aromatic ring is 1. The van der Waals surface area contributed by atoms with E-state index in [4.69, 9.17) is 10.5 Å². The highest BCUT2D eigenvalue weighted by atomic mass is 16.5. The van der Waals surface area contributed by atoms with Crippen molar-refractivity contribution in [3.63, 3.8) is 0 Å². The highest BCUT2D eigenvalue weighted by Gasteiger charge is 2.19. The molecule has 1 amide bonds. The van der Waals surface area contributed by atoms with Crippen molar-refractivity contribution >= 4 is 23.3 Å². The van der Waals surface area contributed by atoms with Crippen molar-refractivity contribution in [1.29, 1.82) is 0 Å². The lowest BCUT2D eigenvalue weighted by molar-refractivity contribution is -0.128. The molecule has 0 fully saturated rings. The molecule has 3 N–H and O–H groups in total. The van der Waals surface area contributed by atoms with Gasteiger partial charge in [-0.15, -0.1) is 0 Å². The zero-order valence-corrected chi connectivity index (χ0v) is 14.8. The van der Waals surface area contributed by atoms with Crippen LogP contribution in [0.15, 0.2) is 48.5 Å². The molecule has 0 saturated carbocycles. The van der Waals surface area contributed by atoms with Crippen LogP contribution in [-0.4, -0.2) is 30.3 Å². The monoisotopic (exact) mass is 354 g/mol. The van der Waals surface area contributed by atoms with Gasteiger partial charge in [0.05, 0.1) is 11.6 Å². The van der Waals surface area contributed by atoms with Crippen molar-refractivity contribution in [3.05, 3.63) is 65.2 Å². The molecule has 0 aliphatic heterocycles. The third kappa shape index (κ3) is 5.17. The van der Waals surface area contributed by atoms with Gasteiger partial charge in [-0.05, 0) is 37.5 Å². The van der Waals surface area contributed by atoms with Gasteiger partial charge in [-0.3, -0.25) is 9.59 Å². The number of anilines is 1. The van der Waals surface area contributed by atoms with Crippen LogP contribution in [0, 0.1) is 6.92 Å². The van der Waals surface area contributed by atoms with Gasteiger partial charge in [0.2, 0.25) is 0 Å². The summed E-state index contributed by atoms with van der Waals surface area (Å²) in [5.74, 6) is -1.39. The van der Waals surface area contributed by atoms with Crippen LogP contribution < -0.4 is 11.1 Å². The van der Waals surface area contributed by atoms with Gasteiger partial charge >= 0.3 is 5.97 Å². The molecule has 0 aromatic heterocycles. The van der Waals surface area contributed by atoms with E-state index in [0.29, 0.717) is 12.1 Å². The average Bonchev–Trinajstić information content (AvgIpc) is 2.62. The Morgan fingerprint density at radius 2 is 1.77 bits per heavy atom. The zero-order chi connectivity index (χ0) is 19.1. The number of para-hydroxylation sites is 1. The van der Waals surface area contributed by atoms with Crippen molar-refractivity contribution < 1.29 is 19.1 Å². The molecule has 0 spiro atoms. The molecular formula is C20H22N2O4. The van der Waals surface area contributed by atoms with E-state index in [1.54, 1.807) is 19.1 Å². The molecule has 0 bridgehead atoms. The maximum atomic E-state index is 12.1. The summed E-state index contributed by atoms with van der Waals surface area (Å²) in [6.07, 6.45) is 0.376. The predicted octanol–water partition coefficient (Wildman–Crippen LogP) is 2.05. The topological polar surface area (TPSA) is 98.5 Å². The van der Waals surface area contributed by atoms with E-state index in [9.17, 15) is 14.4 Å². The number of rotatable bonds is 7. The number of nitrogens with one attached hydrogen (secondary N) is 1. The Bertz CT molecular complexity index is 803. The minimum atomic E-state index is -0.677. The van der Waals surface area contributed by atoms with Gasteiger partial charge in [0.25, 0.3) is 5.91 Å². The predicted molar refractivity (Wildman–Crippen MR) is 98.6 cm³/mol. The Morgan fingerprint density at radius 3 is 2.42 bits per heavy atom. The van der Waals surface area contributed by atoms with E-state index in [2.05, 4.69) is 5.32 Å². The molecule has 0 unspecified atom stereocenters. The molecule has 0 aliphatic rings. The molecule has 0 radical (unpaired) electrons. The van der Waals surface area contributed by atoms with Crippen LogP contribution in [0.3, 0.4) is 0 Å². The van der Waals surface area contributed by atoms with Crippen LogP contribution >= 0.6 is 0 Å². The first-order chi connectivity index (χ1) is 12.4. The van der Waals surface area contributed by atoms with Crippen LogP contribution in [0.1, 0.15) is 28.4 Å². The molecule has 6 nitrogen and oxygen atoms in total. The minimum Gasteiger partial charge on any atom is -0.452 e. The average molecular weight is 354 g/mol. The van der Waals surface area contributed by atoms with Crippen molar-refractivity contribution in [1.82, 2.24) is 5.32 Å². The van der Waals surface area contributed by atoms with Gasteiger partial charge in [-0.2, -0.15) is 0 Å². The molecule has 0 saturated heterocycles. The number of Topliss-reactive ketones (excluding diaryl/α,β-unsaturated/α-hetero) is 1. The normalized spacial score (nSPS) is 11.5. The van der Waals surface area contributed by atoms with Gasteiger partial charge in [-0.25, -0.2) is 4.79 Å². The molecule has 0 heterocycles. The fraction of sp³-hybridized carbons (Fsp3) is 0.250. The first-order valence-electron chi connectivity index (χ1n) is 8.24. The summed E-state index contributed by atoms with van der Waals surface area (Å²) in [5.41, 5.74) is 8.07. The van der Waals surface area contributed by atoms with Crippen molar-refractivity contribution in [3.8, 4) is 0 Å². The number of amides is 1. The first-order valence-corrected chi connectivity index (χ1v) is 8.24. The number of aryl methyl sites for hydroxylation is 1. The summed E-state index contributed by atoms with van der Waals surface area (Å²) in [5, 5.41) is 2.60. The first kappa shape index (κ1) is 19.2. The molecule has 2 rings (SSSR count). The number of esters is 1. The standard InChI is InChI=1S/C20H22N2O4/c1-13-7-6-10-16(19(13)21)20(25)26-12-18(24)22-17(14(2)23)11-15-8-4-3-5-9-15/h3-10,17H,11-12,21H2,1-2H3,(H,22,24)/t17-/m0/s1. The Morgan fingerprint density at radius 1 is 1.08 bits per heavy atom. The lowest BCUT2D eigenvalue weighted by atomic mass is 10.0. The molecule has 6 heteroatoms. The fourth-order valence-corrected chi connectivity index (χ4v) is 2.45. The number of hydrogen-bond acceptors (Lipinski definition) is 5. The van der Waals surface area contributed by atoms with Crippen LogP contribution in [0.4, 0.5) is 5.69 Å². The van der Waals surface area contributed by atoms with Crippen LogP contribution in [0.2, 0.25) is 0 Å². The molecule has 26 heavy (non-hydrogen) atoms. The van der Waals surface area contributed by atoms with E-state index in [1.807, 2.05) is 30.3 Å². The maximum Gasteiger partial charge on any atom is 0.340 e. The summed E-state index contributed by atoms with van der Waals surface area (Å²) >= 11 is 0. The highest BCUT2D eigenvalue weighted by Crippen LogP contribution is 2.17. The van der Waals surface area contributed by atoms with E-state index in [0.717, 1.165) is 11.1 Å². The Balaban J connectivity index is 1.93. The second-order valence-corrected chi connectivity index (χ2v) is 6.03. The summed E-state index contributed by atoms with van der Waals surface area (Å²) in [7, 11) is 0. The van der Waals surface area contributed by atoms with E-state index < -0.39 is 24.5 Å². The second kappa shape index (κ2) is 8.80. The van der Waals surface area contributed by atoms with E-state index >= 15 is 0 Å². The Hall–Kier alpha value is -3.15. The van der Waals surface area contributed by atoms with Gasteiger partial charge in [-0.1, -0.05) is 42.5 Å². The third-order valence-electron chi connectivity index (χ3n) is 3.99. The number of benzene rings is 2. The van der Waals surface area contributed by atoms with Gasteiger partial charge in [0.15, 0.2) is 12.4 Å². The summed E-state index contributed by atoms with van der Waals surface area (Å²) in [6, 6.07) is 13.7. The Kier molecular flexibility index (Phi) is 6.49. The second-order valence-electron chi connectivity index (χ2n) is 6.03. The van der Waals surface area contributed by atoms with Gasteiger partial charge < -0.3 is 15.8 Å². The fourth-order valence-electron chi connectivity index (χ4n) is 2.45. The SMILES string of the molecule is CC(=O)[C@H](Cc1ccccc1)NC(=O)COC(=O)c1cccc(C)c1N. The summed E-state index contributed by atoms with van der Waals surface area (Å²) in [4.78, 5) is 35.9. The molecule has 136 valence electrons.